The summed E-state index contributed by atoms with van der Waals surface area (Å²) >= 11 is 0. The summed E-state index contributed by atoms with van der Waals surface area (Å²) in [6.45, 7) is 4.01. The molecule has 2 heterocycles. The van der Waals surface area contributed by atoms with Gasteiger partial charge >= 0.3 is 0 Å². The predicted molar refractivity (Wildman–Crippen MR) is 74.7 cm³/mol. The number of nitrogens with zero attached hydrogens (tertiary/aromatic N) is 2. The fraction of sp³-hybridized carbons (Fsp3) is 0.357. The Balaban J connectivity index is 1.70. The van der Waals surface area contributed by atoms with E-state index in [9.17, 15) is 0 Å². The van der Waals surface area contributed by atoms with Gasteiger partial charge < -0.3 is 19.7 Å². The van der Waals surface area contributed by atoms with Gasteiger partial charge in [-0.25, -0.2) is 0 Å². The van der Waals surface area contributed by atoms with Crippen LogP contribution in [0.4, 0.5) is 5.69 Å². The van der Waals surface area contributed by atoms with Gasteiger partial charge in [0.05, 0.1) is 19.6 Å². The number of morpholine rings is 1. The number of ether oxygens (including phenoxy) is 2. The average molecular weight is 259 g/mol. The Labute approximate surface area is 112 Å². The summed E-state index contributed by atoms with van der Waals surface area (Å²) in [5, 5.41) is 2.93. The SMILES string of the molecule is C1=NCC(Oc2cccc(N3CCOCC3)c2)=CN1. The van der Waals surface area contributed by atoms with Crippen LogP contribution in [0.15, 0.2) is 41.2 Å². The highest BCUT2D eigenvalue weighted by atomic mass is 16.5. The molecule has 1 saturated heterocycles. The molecule has 0 aromatic heterocycles. The van der Waals surface area contributed by atoms with Crippen molar-refractivity contribution < 1.29 is 9.47 Å². The van der Waals surface area contributed by atoms with Crippen LogP contribution in [-0.4, -0.2) is 39.2 Å². The molecule has 0 bridgehead atoms. The predicted octanol–water partition coefficient (Wildman–Crippen LogP) is 1.37. The molecule has 5 heteroatoms. The Morgan fingerprint density at radius 1 is 1.26 bits per heavy atom. The summed E-state index contributed by atoms with van der Waals surface area (Å²) < 4.78 is 11.2. The van der Waals surface area contributed by atoms with Crippen molar-refractivity contribution in [2.75, 3.05) is 37.7 Å². The Morgan fingerprint density at radius 2 is 2.16 bits per heavy atom. The zero-order valence-electron chi connectivity index (χ0n) is 10.7. The van der Waals surface area contributed by atoms with Crippen molar-refractivity contribution >= 4 is 12.0 Å². The van der Waals surface area contributed by atoms with E-state index in [1.165, 1.54) is 5.69 Å². The van der Waals surface area contributed by atoms with Gasteiger partial charge in [-0.1, -0.05) is 6.07 Å². The first-order chi connectivity index (χ1) is 9.42. The normalized spacial score (nSPS) is 18.7. The van der Waals surface area contributed by atoms with E-state index in [4.69, 9.17) is 9.47 Å². The van der Waals surface area contributed by atoms with Crippen LogP contribution in [-0.2, 0) is 4.74 Å². The number of benzene rings is 1. The molecule has 100 valence electrons. The molecule has 1 fully saturated rings. The number of aliphatic imine (C=N–C) groups is 1. The molecule has 2 aliphatic rings. The highest BCUT2D eigenvalue weighted by molar-refractivity contribution is 5.58. The highest BCUT2D eigenvalue weighted by Gasteiger charge is 2.12. The maximum absolute atomic E-state index is 5.81. The van der Waals surface area contributed by atoms with Gasteiger partial charge in [0.2, 0.25) is 0 Å². The van der Waals surface area contributed by atoms with Crippen molar-refractivity contribution in [3.63, 3.8) is 0 Å². The van der Waals surface area contributed by atoms with Gasteiger partial charge in [0.1, 0.15) is 18.1 Å². The van der Waals surface area contributed by atoms with Crippen LogP contribution < -0.4 is 15.0 Å². The van der Waals surface area contributed by atoms with Crippen molar-refractivity contribution in [1.29, 1.82) is 0 Å². The molecule has 3 rings (SSSR count). The third-order valence-electron chi connectivity index (χ3n) is 3.10. The van der Waals surface area contributed by atoms with E-state index in [0.717, 1.165) is 37.8 Å². The summed E-state index contributed by atoms with van der Waals surface area (Å²) in [5.41, 5.74) is 1.17. The molecular weight excluding hydrogens is 242 g/mol. The fourth-order valence-electron chi connectivity index (χ4n) is 2.14. The Hall–Kier alpha value is -2.01. The second-order valence-electron chi connectivity index (χ2n) is 4.45. The number of hydrogen-bond donors (Lipinski definition) is 1. The first-order valence-corrected chi connectivity index (χ1v) is 6.46. The van der Waals surface area contributed by atoms with Crippen molar-refractivity contribution in [3.8, 4) is 5.75 Å². The molecule has 1 aromatic carbocycles. The Morgan fingerprint density at radius 3 is 2.95 bits per heavy atom. The van der Waals surface area contributed by atoms with Gasteiger partial charge in [0, 0.05) is 31.0 Å². The topological polar surface area (TPSA) is 46.1 Å². The lowest BCUT2D eigenvalue weighted by Gasteiger charge is -2.29. The van der Waals surface area contributed by atoms with E-state index in [0.29, 0.717) is 6.54 Å². The lowest BCUT2D eigenvalue weighted by molar-refractivity contribution is 0.122. The average Bonchev–Trinajstić information content (AvgIpc) is 2.49. The summed E-state index contributed by atoms with van der Waals surface area (Å²) in [6, 6.07) is 8.14. The minimum Gasteiger partial charge on any atom is -0.458 e. The fourth-order valence-corrected chi connectivity index (χ4v) is 2.14. The van der Waals surface area contributed by atoms with Crippen molar-refractivity contribution in [3.05, 3.63) is 36.2 Å². The Bertz CT molecular complexity index is 493. The lowest BCUT2D eigenvalue weighted by Crippen LogP contribution is -2.36. The van der Waals surface area contributed by atoms with Crippen LogP contribution in [0.3, 0.4) is 0 Å². The monoisotopic (exact) mass is 259 g/mol. The second kappa shape index (κ2) is 5.75. The Kier molecular flexibility index (Phi) is 3.65. The molecule has 0 radical (unpaired) electrons. The van der Waals surface area contributed by atoms with E-state index >= 15 is 0 Å². The van der Waals surface area contributed by atoms with Crippen LogP contribution in [0.5, 0.6) is 5.75 Å². The van der Waals surface area contributed by atoms with Gasteiger partial charge in [-0.2, -0.15) is 0 Å². The zero-order chi connectivity index (χ0) is 12.9. The smallest absolute Gasteiger partial charge is 0.141 e. The maximum Gasteiger partial charge on any atom is 0.141 e. The van der Waals surface area contributed by atoms with Gasteiger partial charge in [0.25, 0.3) is 0 Å². The zero-order valence-corrected chi connectivity index (χ0v) is 10.7. The highest BCUT2D eigenvalue weighted by Crippen LogP contribution is 2.23. The molecular formula is C14H17N3O2. The van der Waals surface area contributed by atoms with E-state index in [-0.39, 0.29) is 0 Å². The van der Waals surface area contributed by atoms with Gasteiger partial charge in [-0.15, -0.1) is 0 Å². The lowest BCUT2D eigenvalue weighted by atomic mass is 10.2. The molecule has 5 nitrogen and oxygen atoms in total. The van der Waals surface area contributed by atoms with E-state index < -0.39 is 0 Å². The van der Waals surface area contributed by atoms with Crippen LogP contribution in [0.2, 0.25) is 0 Å². The summed E-state index contributed by atoms with van der Waals surface area (Å²) in [7, 11) is 0. The number of rotatable bonds is 3. The molecule has 1 aromatic rings. The number of nitrogens with one attached hydrogen (secondary N) is 1. The third-order valence-corrected chi connectivity index (χ3v) is 3.10. The largest absolute Gasteiger partial charge is 0.458 e. The van der Waals surface area contributed by atoms with Crippen molar-refractivity contribution in [2.24, 2.45) is 4.99 Å². The summed E-state index contributed by atoms with van der Waals surface area (Å²) in [5.74, 6) is 1.66. The standard InChI is InChI=1S/C14H17N3O2/c1-2-12(17-4-6-18-7-5-17)8-13(3-1)19-14-9-15-11-16-10-14/h1-3,8-9,11H,4-7,10H2,(H,15,16). The summed E-state index contributed by atoms with van der Waals surface area (Å²) in [6.07, 6.45) is 3.49. The molecule has 2 aliphatic heterocycles. The van der Waals surface area contributed by atoms with Gasteiger partial charge in [0.15, 0.2) is 0 Å². The molecule has 0 saturated carbocycles. The van der Waals surface area contributed by atoms with Crippen LogP contribution in [0, 0.1) is 0 Å². The maximum atomic E-state index is 5.81. The number of anilines is 1. The van der Waals surface area contributed by atoms with E-state index in [1.807, 2.05) is 18.3 Å². The number of hydrogen-bond acceptors (Lipinski definition) is 5. The first-order valence-electron chi connectivity index (χ1n) is 6.46. The van der Waals surface area contributed by atoms with Crippen LogP contribution in [0.25, 0.3) is 0 Å². The molecule has 1 N–H and O–H groups in total. The quantitative estimate of drug-likeness (QED) is 0.890. The molecule has 0 spiro atoms. The minimum atomic E-state index is 0.578. The minimum absolute atomic E-state index is 0.578. The van der Waals surface area contributed by atoms with Crippen LogP contribution >= 0.6 is 0 Å². The van der Waals surface area contributed by atoms with Gasteiger partial charge in [-0.3, -0.25) is 4.99 Å². The first kappa shape index (κ1) is 12.0. The van der Waals surface area contributed by atoms with E-state index in [1.54, 1.807) is 6.34 Å². The van der Waals surface area contributed by atoms with Crippen LogP contribution in [0.1, 0.15) is 0 Å². The summed E-state index contributed by atoms with van der Waals surface area (Å²) in [4.78, 5) is 6.42. The van der Waals surface area contributed by atoms with E-state index in [2.05, 4.69) is 27.3 Å². The van der Waals surface area contributed by atoms with Crippen molar-refractivity contribution in [2.45, 2.75) is 0 Å². The third kappa shape index (κ3) is 3.06. The second-order valence-corrected chi connectivity index (χ2v) is 4.45. The molecule has 0 unspecified atom stereocenters. The molecule has 0 amide bonds. The van der Waals surface area contributed by atoms with Gasteiger partial charge in [-0.05, 0) is 12.1 Å². The van der Waals surface area contributed by atoms with Crippen molar-refractivity contribution in [1.82, 2.24) is 5.32 Å². The molecule has 0 atom stereocenters. The molecule has 0 aliphatic carbocycles. The molecule has 19 heavy (non-hydrogen) atoms.